The van der Waals surface area contributed by atoms with Crippen molar-refractivity contribution in [3.63, 3.8) is 0 Å². The number of benzene rings is 2. The van der Waals surface area contributed by atoms with Gasteiger partial charge in [0.1, 0.15) is 11.1 Å². The molecule has 0 aliphatic carbocycles. The predicted molar refractivity (Wildman–Crippen MR) is 117 cm³/mol. The Labute approximate surface area is 172 Å². The largest absolute Gasteiger partial charge is 0.425 e. The van der Waals surface area contributed by atoms with Crippen LogP contribution in [0.4, 0.5) is 0 Å². The number of halogens is 1. The maximum Gasteiger partial charge on any atom is 0.329 e. The third kappa shape index (κ3) is 6.90. The molecule has 2 nitrogen and oxygen atoms in total. The van der Waals surface area contributed by atoms with Crippen LogP contribution in [0.3, 0.4) is 0 Å². The first-order valence-corrected chi connectivity index (χ1v) is 11.2. The second-order valence-corrected chi connectivity index (χ2v) is 8.45. The van der Waals surface area contributed by atoms with Crippen molar-refractivity contribution in [1.82, 2.24) is 0 Å². The topological polar surface area (TPSA) is 26.3 Å². The van der Waals surface area contributed by atoms with Crippen LogP contribution in [0.15, 0.2) is 53.4 Å². The van der Waals surface area contributed by atoms with Gasteiger partial charge in [-0.25, -0.2) is 0 Å². The van der Waals surface area contributed by atoms with E-state index < -0.39 is 5.38 Å². The molecule has 146 valence electrons. The number of rotatable bonds is 10. The molecule has 0 fully saturated rings. The lowest BCUT2D eigenvalue weighted by Crippen LogP contribution is -2.26. The van der Waals surface area contributed by atoms with Gasteiger partial charge in [0.2, 0.25) is 0 Å². The second-order valence-electron chi connectivity index (χ2n) is 6.81. The molecule has 0 aliphatic rings. The van der Waals surface area contributed by atoms with E-state index in [1.54, 1.807) is 0 Å². The molecule has 0 aromatic heterocycles. The summed E-state index contributed by atoms with van der Waals surface area (Å²) in [4.78, 5) is 13.4. The molecule has 0 saturated carbocycles. The SMILES string of the molecule is CCCCCSc1ccc(-c2ccc(OC(=O)[C@@H](Cl)C(C)CC)cc2)cc1. The number of carbonyl (C=O) groups is 1. The number of hydrogen-bond donors (Lipinski definition) is 0. The van der Waals surface area contributed by atoms with Crippen molar-refractivity contribution in [2.75, 3.05) is 5.75 Å². The van der Waals surface area contributed by atoms with Crippen LogP contribution in [0.5, 0.6) is 5.75 Å². The average molecular weight is 405 g/mol. The van der Waals surface area contributed by atoms with Crippen LogP contribution in [0.2, 0.25) is 0 Å². The number of carbonyl (C=O) groups excluding carboxylic acids is 1. The van der Waals surface area contributed by atoms with Gasteiger partial charge in [0, 0.05) is 4.90 Å². The van der Waals surface area contributed by atoms with E-state index in [2.05, 4.69) is 31.2 Å². The zero-order valence-electron chi connectivity index (χ0n) is 16.4. The number of unbranched alkanes of at least 4 members (excludes halogenated alkanes) is 2. The lowest BCUT2D eigenvalue weighted by atomic mass is 10.0. The molecule has 2 aromatic carbocycles. The van der Waals surface area contributed by atoms with Gasteiger partial charge in [0.15, 0.2) is 0 Å². The number of ether oxygens (including phenoxy) is 1. The Morgan fingerprint density at radius 1 is 1.00 bits per heavy atom. The Kier molecular flexibility index (Phi) is 9.23. The summed E-state index contributed by atoms with van der Waals surface area (Å²) in [5.74, 6) is 1.41. The third-order valence-electron chi connectivity index (χ3n) is 4.65. The first kappa shape index (κ1) is 21.8. The molecule has 0 N–H and O–H groups in total. The molecule has 0 saturated heterocycles. The number of alkyl halides is 1. The van der Waals surface area contributed by atoms with Crippen molar-refractivity contribution in [2.24, 2.45) is 5.92 Å². The maximum absolute atomic E-state index is 12.1. The van der Waals surface area contributed by atoms with Gasteiger partial charge in [-0.1, -0.05) is 64.3 Å². The highest BCUT2D eigenvalue weighted by atomic mass is 35.5. The quantitative estimate of drug-likeness (QED) is 0.138. The zero-order valence-corrected chi connectivity index (χ0v) is 18.0. The number of thioether (sulfide) groups is 1. The van der Waals surface area contributed by atoms with Crippen molar-refractivity contribution in [2.45, 2.75) is 56.7 Å². The summed E-state index contributed by atoms with van der Waals surface area (Å²) in [5.41, 5.74) is 2.25. The van der Waals surface area contributed by atoms with Crippen molar-refractivity contribution < 1.29 is 9.53 Å². The molecule has 4 heteroatoms. The molecule has 0 radical (unpaired) electrons. The summed E-state index contributed by atoms with van der Waals surface area (Å²) in [6, 6.07) is 16.2. The van der Waals surface area contributed by atoms with Crippen LogP contribution in [0, 0.1) is 5.92 Å². The molecule has 0 heterocycles. The van der Waals surface area contributed by atoms with Crippen LogP contribution < -0.4 is 4.74 Å². The highest BCUT2D eigenvalue weighted by molar-refractivity contribution is 7.99. The van der Waals surface area contributed by atoms with Crippen LogP contribution >= 0.6 is 23.4 Å². The van der Waals surface area contributed by atoms with E-state index in [1.807, 2.05) is 49.9 Å². The van der Waals surface area contributed by atoms with Gasteiger partial charge >= 0.3 is 5.97 Å². The van der Waals surface area contributed by atoms with Crippen LogP contribution in [0.25, 0.3) is 11.1 Å². The Hall–Kier alpha value is -1.45. The van der Waals surface area contributed by atoms with Crippen molar-refractivity contribution in [3.8, 4) is 16.9 Å². The minimum absolute atomic E-state index is 0.0943. The summed E-state index contributed by atoms with van der Waals surface area (Å²) in [5, 5.41) is -0.614. The van der Waals surface area contributed by atoms with Crippen LogP contribution in [-0.2, 0) is 4.79 Å². The highest BCUT2D eigenvalue weighted by Gasteiger charge is 2.23. The molecule has 27 heavy (non-hydrogen) atoms. The van der Waals surface area contributed by atoms with Gasteiger partial charge < -0.3 is 4.74 Å². The Morgan fingerprint density at radius 3 is 2.15 bits per heavy atom. The minimum Gasteiger partial charge on any atom is -0.425 e. The summed E-state index contributed by atoms with van der Waals surface area (Å²) in [6.45, 7) is 6.19. The summed E-state index contributed by atoms with van der Waals surface area (Å²) < 4.78 is 5.40. The minimum atomic E-state index is -0.614. The van der Waals surface area contributed by atoms with Crippen LogP contribution in [0.1, 0.15) is 46.5 Å². The normalized spacial score (nSPS) is 13.2. The molecule has 2 aromatic rings. The maximum atomic E-state index is 12.1. The highest BCUT2D eigenvalue weighted by Crippen LogP contribution is 2.27. The summed E-state index contributed by atoms with van der Waals surface area (Å²) >= 11 is 8.06. The second kappa shape index (κ2) is 11.4. The summed E-state index contributed by atoms with van der Waals surface area (Å²) in [7, 11) is 0. The first-order valence-electron chi connectivity index (χ1n) is 9.74. The molecule has 1 unspecified atom stereocenters. The monoisotopic (exact) mass is 404 g/mol. The predicted octanol–water partition coefficient (Wildman–Crippen LogP) is 7.19. The van der Waals surface area contributed by atoms with Gasteiger partial charge in [-0.3, -0.25) is 4.79 Å². The molecule has 0 amide bonds. The van der Waals surface area contributed by atoms with E-state index in [-0.39, 0.29) is 11.9 Å². The van der Waals surface area contributed by atoms with Crippen molar-refractivity contribution >= 4 is 29.3 Å². The lowest BCUT2D eigenvalue weighted by Gasteiger charge is -2.15. The van der Waals surface area contributed by atoms with E-state index in [0.717, 1.165) is 17.5 Å². The fraction of sp³-hybridized carbons (Fsp3) is 0.435. The van der Waals surface area contributed by atoms with E-state index in [9.17, 15) is 4.79 Å². The van der Waals surface area contributed by atoms with E-state index in [4.69, 9.17) is 16.3 Å². The van der Waals surface area contributed by atoms with Crippen molar-refractivity contribution in [3.05, 3.63) is 48.5 Å². The van der Waals surface area contributed by atoms with Gasteiger partial charge in [-0.2, -0.15) is 0 Å². The first-order chi connectivity index (χ1) is 13.0. The van der Waals surface area contributed by atoms with Gasteiger partial charge in [0.05, 0.1) is 0 Å². The van der Waals surface area contributed by atoms with Gasteiger partial charge in [-0.05, 0) is 53.5 Å². The zero-order chi connectivity index (χ0) is 19.6. The molecule has 2 atom stereocenters. The lowest BCUT2D eigenvalue weighted by molar-refractivity contribution is -0.134. The third-order valence-corrected chi connectivity index (χ3v) is 6.35. The standard InChI is InChI=1S/C23H29ClO2S/c1-4-6-7-16-27-21-14-10-19(11-15-21)18-8-12-20(13-9-18)26-23(25)22(24)17(3)5-2/h8-15,17,22H,4-7,16H2,1-3H3/t17?,22-/m0/s1. The molecule has 2 rings (SSSR count). The Bertz CT molecular complexity index is 697. The number of esters is 1. The fourth-order valence-corrected chi connectivity index (χ4v) is 3.75. The molecule has 0 aliphatic heterocycles. The summed E-state index contributed by atoms with van der Waals surface area (Å²) in [6.07, 6.45) is 4.66. The molecular formula is C23H29ClO2S. The molecule has 0 bridgehead atoms. The van der Waals surface area contributed by atoms with E-state index in [0.29, 0.717) is 5.75 Å². The Balaban J connectivity index is 1.93. The van der Waals surface area contributed by atoms with E-state index in [1.165, 1.54) is 29.9 Å². The molecule has 0 spiro atoms. The number of hydrogen-bond acceptors (Lipinski definition) is 3. The fourth-order valence-electron chi connectivity index (χ4n) is 2.61. The molecular weight excluding hydrogens is 376 g/mol. The van der Waals surface area contributed by atoms with Gasteiger partial charge in [-0.15, -0.1) is 23.4 Å². The smallest absolute Gasteiger partial charge is 0.329 e. The average Bonchev–Trinajstić information content (AvgIpc) is 2.71. The van der Waals surface area contributed by atoms with E-state index >= 15 is 0 Å². The Morgan fingerprint density at radius 2 is 1.59 bits per heavy atom. The van der Waals surface area contributed by atoms with Gasteiger partial charge in [0.25, 0.3) is 0 Å². The van der Waals surface area contributed by atoms with Crippen LogP contribution in [-0.4, -0.2) is 17.1 Å². The van der Waals surface area contributed by atoms with Crippen molar-refractivity contribution in [1.29, 1.82) is 0 Å².